The summed E-state index contributed by atoms with van der Waals surface area (Å²) >= 11 is 5.76. The second-order valence-electron chi connectivity index (χ2n) is 6.29. The van der Waals surface area contributed by atoms with Crippen molar-refractivity contribution in [2.75, 3.05) is 5.88 Å². The molecular weight excluding hydrogens is 294 g/mol. The Balaban J connectivity index is 1.94. The van der Waals surface area contributed by atoms with Crippen molar-refractivity contribution in [2.24, 2.45) is 11.8 Å². The van der Waals surface area contributed by atoms with Crippen molar-refractivity contribution in [2.45, 2.75) is 49.9 Å². The Hall–Kier alpha value is -1.07. The Morgan fingerprint density at radius 3 is 2.90 bits per heavy atom. The van der Waals surface area contributed by atoms with Gasteiger partial charge in [-0.2, -0.15) is 0 Å². The number of aliphatic hydroxyl groups is 1. The van der Waals surface area contributed by atoms with Gasteiger partial charge in [-0.1, -0.05) is 12.2 Å². The van der Waals surface area contributed by atoms with Crippen LogP contribution in [0.3, 0.4) is 0 Å². The van der Waals surface area contributed by atoms with Crippen LogP contribution in [0.4, 0.5) is 0 Å². The monoisotopic (exact) mass is 313 g/mol. The van der Waals surface area contributed by atoms with E-state index >= 15 is 0 Å². The van der Waals surface area contributed by atoms with Gasteiger partial charge in [0.25, 0.3) is 0 Å². The van der Waals surface area contributed by atoms with Crippen LogP contribution in [0.1, 0.15) is 32.6 Å². The van der Waals surface area contributed by atoms with Crippen LogP contribution in [-0.4, -0.2) is 40.1 Å². The summed E-state index contributed by atoms with van der Waals surface area (Å²) in [6.07, 6.45) is 6.17. The molecular formula is C15H20ClNO4. The average Bonchev–Trinajstić information content (AvgIpc) is 2.65. The van der Waals surface area contributed by atoms with Gasteiger partial charge in [0.15, 0.2) is 5.60 Å². The van der Waals surface area contributed by atoms with Crippen LogP contribution >= 0.6 is 11.6 Å². The first-order chi connectivity index (χ1) is 9.97. The first-order valence-corrected chi connectivity index (χ1v) is 7.97. The highest BCUT2D eigenvalue weighted by atomic mass is 35.5. The zero-order valence-electron chi connectivity index (χ0n) is 12.0. The molecule has 3 rings (SSSR count). The summed E-state index contributed by atoms with van der Waals surface area (Å²) in [5.74, 6) is -1.14. The molecule has 2 fully saturated rings. The normalized spacial score (nSPS) is 42.8. The molecule has 1 aliphatic carbocycles. The van der Waals surface area contributed by atoms with E-state index in [2.05, 4.69) is 5.32 Å². The molecule has 0 aromatic rings. The van der Waals surface area contributed by atoms with Crippen molar-refractivity contribution in [1.29, 1.82) is 0 Å². The lowest BCUT2D eigenvalue weighted by Gasteiger charge is -2.54. The second kappa shape index (κ2) is 4.99. The summed E-state index contributed by atoms with van der Waals surface area (Å²) in [7, 11) is 0. The van der Waals surface area contributed by atoms with E-state index in [1.54, 1.807) is 6.92 Å². The summed E-state index contributed by atoms with van der Waals surface area (Å²) in [5.41, 5.74) is -2.34. The van der Waals surface area contributed by atoms with Gasteiger partial charge in [-0.15, -0.1) is 11.6 Å². The van der Waals surface area contributed by atoms with Gasteiger partial charge in [0.1, 0.15) is 0 Å². The Kier molecular flexibility index (Phi) is 3.53. The fourth-order valence-corrected chi connectivity index (χ4v) is 4.21. The van der Waals surface area contributed by atoms with E-state index < -0.39 is 29.1 Å². The Bertz CT molecular complexity index is 508. The van der Waals surface area contributed by atoms with Crippen LogP contribution in [0.2, 0.25) is 0 Å². The van der Waals surface area contributed by atoms with Crippen molar-refractivity contribution in [1.82, 2.24) is 5.32 Å². The number of aliphatic hydroxyl groups excluding tert-OH is 1. The number of carbonyl (C=O) groups is 2. The van der Waals surface area contributed by atoms with Crippen LogP contribution in [0.15, 0.2) is 12.2 Å². The Labute approximate surface area is 128 Å². The maximum absolute atomic E-state index is 12.2. The highest BCUT2D eigenvalue weighted by molar-refractivity contribution is 6.18. The summed E-state index contributed by atoms with van der Waals surface area (Å²) in [6.45, 7) is 1.72. The number of halogens is 1. The lowest BCUT2D eigenvalue weighted by molar-refractivity contribution is -0.238. The lowest BCUT2D eigenvalue weighted by atomic mass is 9.64. The molecule has 3 aliphatic rings. The third-order valence-corrected chi connectivity index (χ3v) is 5.47. The minimum absolute atomic E-state index is 0.138. The second-order valence-corrected chi connectivity index (χ2v) is 6.67. The molecule has 0 radical (unpaired) electrons. The third kappa shape index (κ3) is 1.80. The number of carbonyl (C=O) groups excluding carboxylic acids is 2. The van der Waals surface area contributed by atoms with E-state index in [0.717, 1.165) is 19.3 Å². The van der Waals surface area contributed by atoms with Crippen molar-refractivity contribution < 1.29 is 19.4 Å². The van der Waals surface area contributed by atoms with Crippen LogP contribution in [0, 0.1) is 11.8 Å². The SMILES string of the molecule is C[C@]12OC(=O)[C@@]1([C@H](O)[C@H]1C=CCCC1)NC(=O)[C@H]2CCCl. The van der Waals surface area contributed by atoms with Gasteiger partial charge in [0, 0.05) is 11.8 Å². The van der Waals surface area contributed by atoms with Crippen LogP contribution in [0.5, 0.6) is 0 Å². The Morgan fingerprint density at radius 1 is 1.57 bits per heavy atom. The molecule has 2 heterocycles. The molecule has 2 aliphatic heterocycles. The quantitative estimate of drug-likeness (QED) is 0.463. The van der Waals surface area contributed by atoms with Crippen molar-refractivity contribution in [3.8, 4) is 0 Å². The van der Waals surface area contributed by atoms with Gasteiger partial charge in [0.2, 0.25) is 11.4 Å². The summed E-state index contributed by atoms with van der Waals surface area (Å²) in [5, 5.41) is 13.5. The van der Waals surface area contributed by atoms with Crippen molar-refractivity contribution in [3.63, 3.8) is 0 Å². The average molecular weight is 314 g/mol. The lowest BCUT2D eigenvalue weighted by Crippen LogP contribution is -2.80. The van der Waals surface area contributed by atoms with Gasteiger partial charge in [-0.05, 0) is 32.6 Å². The molecule has 116 valence electrons. The maximum atomic E-state index is 12.2. The topological polar surface area (TPSA) is 75.6 Å². The standard InChI is InChI=1S/C15H20ClNO4/c1-14-10(7-8-16)12(19)17-15(14,13(20)21-14)11(18)9-5-3-2-4-6-9/h3,5,9-11,18H,2,4,6-8H2,1H3,(H,17,19)/t9-,10+,11+,14+,15+/m0/s1. The molecule has 2 saturated heterocycles. The number of rotatable bonds is 4. The number of alkyl halides is 1. The molecule has 0 aromatic heterocycles. The highest BCUT2D eigenvalue weighted by Gasteiger charge is 2.79. The van der Waals surface area contributed by atoms with Crippen molar-refractivity contribution in [3.05, 3.63) is 12.2 Å². The zero-order valence-corrected chi connectivity index (χ0v) is 12.7. The van der Waals surface area contributed by atoms with Crippen LogP contribution in [-0.2, 0) is 14.3 Å². The van der Waals surface area contributed by atoms with E-state index in [1.165, 1.54) is 0 Å². The first-order valence-electron chi connectivity index (χ1n) is 7.43. The van der Waals surface area contributed by atoms with E-state index in [-0.39, 0.29) is 11.8 Å². The van der Waals surface area contributed by atoms with Crippen LogP contribution in [0.25, 0.3) is 0 Å². The molecule has 1 amide bonds. The molecule has 6 heteroatoms. The number of allylic oxidation sites excluding steroid dienone is 1. The van der Waals surface area contributed by atoms with Gasteiger partial charge >= 0.3 is 5.97 Å². The maximum Gasteiger partial charge on any atom is 0.339 e. The molecule has 2 N–H and O–H groups in total. The summed E-state index contributed by atoms with van der Waals surface area (Å²) < 4.78 is 5.34. The van der Waals surface area contributed by atoms with Gasteiger partial charge in [0.05, 0.1) is 12.0 Å². The minimum atomic E-state index is -1.33. The predicted octanol–water partition coefficient (Wildman–Crippen LogP) is 1.13. The number of hydrogen-bond acceptors (Lipinski definition) is 4. The van der Waals surface area contributed by atoms with E-state index in [1.807, 2.05) is 12.2 Å². The number of fused-ring (bicyclic) bond motifs is 1. The smallest absolute Gasteiger partial charge is 0.339 e. The molecule has 5 nitrogen and oxygen atoms in total. The third-order valence-electron chi connectivity index (χ3n) is 5.25. The van der Waals surface area contributed by atoms with E-state index in [4.69, 9.17) is 16.3 Å². The molecule has 0 bridgehead atoms. The van der Waals surface area contributed by atoms with Crippen LogP contribution < -0.4 is 5.32 Å². The molecule has 0 spiro atoms. The predicted molar refractivity (Wildman–Crippen MR) is 76.7 cm³/mol. The number of ether oxygens (including phenoxy) is 1. The zero-order chi connectivity index (χ0) is 15.3. The van der Waals surface area contributed by atoms with Gasteiger partial charge in [-0.25, -0.2) is 4.79 Å². The molecule has 0 saturated carbocycles. The summed E-state index contributed by atoms with van der Waals surface area (Å²) in [4.78, 5) is 24.4. The molecule has 0 aromatic carbocycles. The molecule has 21 heavy (non-hydrogen) atoms. The fraction of sp³-hybridized carbons (Fsp3) is 0.733. The first kappa shape index (κ1) is 14.9. The fourth-order valence-electron chi connectivity index (χ4n) is 3.99. The highest BCUT2D eigenvalue weighted by Crippen LogP contribution is 2.53. The molecule has 0 unspecified atom stereocenters. The number of esters is 1. The largest absolute Gasteiger partial charge is 0.453 e. The summed E-state index contributed by atoms with van der Waals surface area (Å²) in [6, 6.07) is 0. The number of hydrogen-bond donors (Lipinski definition) is 2. The van der Waals surface area contributed by atoms with Crippen molar-refractivity contribution >= 4 is 23.5 Å². The van der Waals surface area contributed by atoms with E-state index in [9.17, 15) is 14.7 Å². The molecule has 5 atom stereocenters. The number of amides is 1. The minimum Gasteiger partial charge on any atom is -0.453 e. The van der Waals surface area contributed by atoms with E-state index in [0.29, 0.717) is 12.3 Å². The number of nitrogens with one attached hydrogen (secondary N) is 1. The van der Waals surface area contributed by atoms with Gasteiger partial charge < -0.3 is 15.2 Å². The van der Waals surface area contributed by atoms with Gasteiger partial charge in [-0.3, -0.25) is 4.79 Å². The Morgan fingerprint density at radius 2 is 2.33 bits per heavy atom.